The zero-order chi connectivity index (χ0) is 15.3. The molecule has 1 aromatic rings. The minimum atomic E-state index is -0.572. The number of thiophene rings is 1. The topological polar surface area (TPSA) is 43.8 Å². The summed E-state index contributed by atoms with van der Waals surface area (Å²) in [5.41, 5.74) is -0.572. The van der Waals surface area contributed by atoms with Gasteiger partial charge in [-0.05, 0) is 31.2 Å². The predicted octanol–water partition coefficient (Wildman–Crippen LogP) is 2.11. The standard InChI is InChI=1S/C16H24N2O2S/c1-3-8-18(12-14-5-4-11-21-14)15(19)13-17-9-6-16(2,20)7-10-17/h3-5,11,20H,1,6-10,12-13H2,2H3. The van der Waals surface area contributed by atoms with E-state index in [1.807, 2.05) is 29.3 Å². The van der Waals surface area contributed by atoms with Crippen molar-refractivity contribution in [2.24, 2.45) is 0 Å². The summed E-state index contributed by atoms with van der Waals surface area (Å²) in [4.78, 5) is 17.6. The first kappa shape index (κ1) is 16.2. The van der Waals surface area contributed by atoms with Gasteiger partial charge >= 0.3 is 0 Å². The molecule has 0 unspecified atom stereocenters. The number of carbonyl (C=O) groups is 1. The molecule has 1 saturated heterocycles. The minimum absolute atomic E-state index is 0.129. The lowest BCUT2D eigenvalue weighted by Crippen LogP contribution is -2.47. The maximum atomic E-state index is 12.5. The molecule has 0 aromatic carbocycles. The van der Waals surface area contributed by atoms with Crippen LogP contribution in [0.3, 0.4) is 0 Å². The number of aliphatic hydroxyl groups is 1. The number of hydrogen-bond donors (Lipinski definition) is 1. The number of rotatable bonds is 6. The summed E-state index contributed by atoms with van der Waals surface area (Å²) in [6.07, 6.45) is 3.23. The van der Waals surface area contributed by atoms with Gasteiger partial charge in [-0.1, -0.05) is 12.1 Å². The van der Waals surface area contributed by atoms with Gasteiger partial charge in [0, 0.05) is 24.5 Å². The lowest BCUT2D eigenvalue weighted by molar-refractivity contribution is -0.133. The lowest BCUT2D eigenvalue weighted by atomic mass is 9.94. The van der Waals surface area contributed by atoms with Crippen molar-refractivity contribution in [3.05, 3.63) is 35.0 Å². The second-order valence-electron chi connectivity index (χ2n) is 5.92. The Morgan fingerprint density at radius 2 is 2.29 bits per heavy atom. The fraction of sp³-hybridized carbons (Fsp3) is 0.562. The Labute approximate surface area is 130 Å². The summed E-state index contributed by atoms with van der Waals surface area (Å²) >= 11 is 1.67. The van der Waals surface area contributed by atoms with Gasteiger partial charge in [0.2, 0.25) is 5.91 Å². The van der Waals surface area contributed by atoms with Crippen molar-refractivity contribution in [3.8, 4) is 0 Å². The molecule has 1 amide bonds. The van der Waals surface area contributed by atoms with Gasteiger partial charge in [-0.25, -0.2) is 0 Å². The highest BCUT2D eigenvalue weighted by molar-refractivity contribution is 7.09. The van der Waals surface area contributed by atoms with Crippen LogP contribution in [-0.4, -0.2) is 52.6 Å². The second kappa shape index (κ2) is 7.20. The monoisotopic (exact) mass is 308 g/mol. The molecule has 0 aliphatic carbocycles. The number of nitrogens with zero attached hydrogens (tertiary/aromatic N) is 2. The quantitative estimate of drug-likeness (QED) is 0.819. The highest BCUT2D eigenvalue weighted by Crippen LogP contribution is 2.21. The molecular weight excluding hydrogens is 284 g/mol. The molecule has 4 nitrogen and oxygen atoms in total. The van der Waals surface area contributed by atoms with Crippen molar-refractivity contribution in [1.82, 2.24) is 9.80 Å². The number of hydrogen-bond acceptors (Lipinski definition) is 4. The minimum Gasteiger partial charge on any atom is -0.390 e. The molecular formula is C16H24N2O2S. The lowest BCUT2D eigenvalue weighted by Gasteiger charge is -2.36. The average molecular weight is 308 g/mol. The molecule has 0 saturated carbocycles. The van der Waals surface area contributed by atoms with Gasteiger partial charge in [0.25, 0.3) is 0 Å². The van der Waals surface area contributed by atoms with E-state index in [1.165, 1.54) is 4.88 Å². The highest BCUT2D eigenvalue weighted by Gasteiger charge is 2.28. The molecule has 21 heavy (non-hydrogen) atoms. The van der Waals surface area contributed by atoms with E-state index in [-0.39, 0.29) is 5.91 Å². The zero-order valence-corrected chi connectivity index (χ0v) is 13.4. The Morgan fingerprint density at radius 3 is 2.86 bits per heavy atom. The first-order valence-electron chi connectivity index (χ1n) is 7.36. The molecule has 116 valence electrons. The number of amides is 1. The van der Waals surface area contributed by atoms with Crippen LogP contribution in [-0.2, 0) is 11.3 Å². The van der Waals surface area contributed by atoms with E-state index in [0.29, 0.717) is 19.6 Å². The van der Waals surface area contributed by atoms with Gasteiger partial charge < -0.3 is 10.0 Å². The third kappa shape index (κ3) is 4.95. The van der Waals surface area contributed by atoms with Crippen molar-refractivity contribution in [3.63, 3.8) is 0 Å². The third-order valence-corrected chi connectivity index (χ3v) is 4.78. The Balaban J connectivity index is 1.88. The molecule has 0 atom stereocenters. The zero-order valence-electron chi connectivity index (χ0n) is 12.6. The fourth-order valence-corrected chi connectivity index (χ4v) is 3.20. The van der Waals surface area contributed by atoms with E-state index in [2.05, 4.69) is 11.5 Å². The third-order valence-electron chi connectivity index (χ3n) is 3.92. The molecule has 1 aliphatic heterocycles. The Bertz CT molecular complexity index is 461. The average Bonchev–Trinajstić information content (AvgIpc) is 2.93. The first-order valence-corrected chi connectivity index (χ1v) is 8.24. The maximum Gasteiger partial charge on any atom is 0.237 e. The van der Waals surface area contributed by atoms with Crippen LogP contribution in [0.4, 0.5) is 0 Å². The molecule has 1 N–H and O–H groups in total. The van der Waals surface area contributed by atoms with Gasteiger partial charge in [-0.3, -0.25) is 9.69 Å². The van der Waals surface area contributed by atoms with E-state index in [1.54, 1.807) is 17.4 Å². The van der Waals surface area contributed by atoms with Crippen molar-refractivity contribution in [2.75, 3.05) is 26.2 Å². The summed E-state index contributed by atoms with van der Waals surface area (Å²) in [5, 5.41) is 12.0. The first-order chi connectivity index (χ1) is 10.00. The van der Waals surface area contributed by atoms with Crippen LogP contribution in [0.2, 0.25) is 0 Å². The summed E-state index contributed by atoms with van der Waals surface area (Å²) < 4.78 is 0. The second-order valence-corrected chi connectivity index (χ2v) is 6.95. The largest absolute Gasteiger partial charge is 0.390 e. The van der Waals surface area contributed by atoms with Crippen molar-refractivity contribution >= 4 is 17.2 Å². The number of piperidine rings is 1. The molecule has 1 aromatic heterocycles. The number of carbonyl (C=O) groups excluding carboxylic acids is 1. The predicted molar refractivity (Wildman–Crippen MR) is 86.2 cm³/mol. The number of likely N-dealkylation sites (tertiary alicyclic amines) is 1. The van der Waals surface area contributed by atoms with Crippen molar-refractivity contribution in [2.45, 2.75) is 31.9 Å². The molecule has 2 heterocycles. The van der Waals surface area contributed by atoms with Crippen LogP contribution in [0.15, 0.2) is 30.2 Å². The molecule has 0 spiro atoms. The van der Waals surface area contributed by atoms with Crippen LogP contribution in [0.25, 0.3) is 0 Å². The summed E-state index contributed by atoms with van der Waals surface area (Å²) in [5.74, 6) is 0.129. The Hall–Kier alpha value is -1.17. The van der Waals surface area contributed by atoms with Gasteiger partial charge in [0.15, 0.2) is 0 Å². The van der Waals surface area contributed by atoms with E-state index in [9.17, 15) is 9.90 Å². The van der Waals surface area contributed by atoms with Crippen LogP contribution < -0.4 is 0 Å². The maximum absolute atomic E-state index is 12.5. The van der Waals surface area contributed by atoms with E-state index >= 15 is 0 Å². The summed E-state index contributed by atoms with van der Waals surface area (Å²) in [6.45, 7) is 8.81. The van der Waals surface area contributed by atoms with E-state index in [4.69, 9.17) is 0 Å². The summed E-state index contributed by atoms with van der Waals surface area (Å²) in [6, 6.07) is 4.05. The van der Waals surface area contributed by atoms with Crippen LogP contribution in [0, 0.1) is 0 Å². The molecule has 5 heteroatoms. The van der Waals surface area contributed by atoms with Crippen molar-refractivity contribution < 1.29 is 9.90 Å². The SMILES string of the molecule is C=CCN(Cc1cccs1)C(=O)CN1CCC(C)(O)CC1. The van der Waals surface area contributed by atoms with Crippen LogP contribution in [0.1, 0.15) is 24.6 Å². The van der Waals surface area contributed by atoms with Gasteiger partial charge in [0.1, 0.15) is 0 Å². The molecule has 0 bridgehead atoms. The Kier molecular flexibility index (Phi) is 5.56. The highest BCUT2D eigenvalue weighted by atomic mass is 32.1. The van der Waals surface area contributed by atoms with E-state index in [0.717, 1.165) is 25.9 Å². The van der Waals surface area contributed by atoms with Gasteiger partial charge in [-0.2, -0.15) is 0 Å². The van der Waals surface area contributed by atoms with Gasteiger partial charge in [0.05, 0.1) is 18.7 Å². The molecule has 1 fully saturated rings. The van der Waals surface area contributed by atoms with E-state index < -0.39 is 5.60 Å². The molecule has 2 rings (SSSR count). The smallest absolute Gasteiger partial charge is 0.237 e. The van der Waals surface area contributed by atoms with Gasteiger partial charge in [-0.15, -0.1) is 17.9 Å². The normalized spacial score (nSPS) is 18.4. The fourth-order valence-electron chi connectivity index (χ4n) is 2.49. The Morgan fingerprint density at radius 1 is 1.57 bits per heavy atom. The molecule has 1 aliphatic rings. The molecule has 0 radical (unpaired) electrons. The van der Waals surface area contributed by atoms with Crippen LogP contribution >= 0.6 is 11.3 Å². The summed E-state index contributed by atoms with van der Waals surface area (Å²) in [7, 11) is 0. The van der Waals surface area contributed by atoms with Crippen LogP contribution in [0.5, 0.6) is 0 Å². The van der Waals surface area contributed by atoms with Crippen molar-refractivity contribution in [1.29, 1.82) is 0 Å².